The molecule has 0 bridgehead atoms. The zero-order chi connectivity index (χ0) is 16.4. The Morgan fingerprint density at radius 3 is 2.58 bits per heavy atom. The summed E-state index contributed by atoms with van der Waals surface area (Å²) in [6.45, 7) is 0.724. The van der Waals surface area contributed by atoms with Gasteiger partial charge in [0.15, 0.2) is 5.11 Å². The summed E-state index contributed by atoms with van der Waals surface area (Å²) in [6, 6.07) is 20.1. The molecule has 1 saturated heterocycles. The molecule has 24 heavy (non-hydrogen) atoms. The first-order chi connectivity index (χ1) is 11.8. The molecule has 1 N–H and O–H groups in total. The van der Waals surface area contributed by atoms with E-state index in [-0.39, 0.29) is 12.1 Å². The Morgan fingerprint density at radius 1 is 1.04 bits per heavy atom. The lowest BCUT2D eigenvalue weighted by Gasteiger charge is -2.26. The number of nitrogens with zero attached hydrogens (tertiary/aromatic N) is 2. The van der Waals surface area contributed by atoms with Crippen molar-refractivity contribution < 1.29 is 4.42 Å². The summed E-state index contributed by atoms with van der Waals surface area (Å²) in [5.41, 5.74) is 2.16. The maximum Gasteiger partial charge on any atom is 0.170 e. The van der Waals surface area contributed by atoms with Crippen LogP contribution in [-0.4, -0.2) is 15.0 Å². The summed E-state index contributed by atoms with van der Waals surface area (Å²) in [5, 5.41) is 4.13. The predicted molar refractivity (Wildman–Crippen MR) is 96.1 cm³/mol. The lowest BCUT2D eigenvalue weighted by molar-refractivity contribution is 0.267. The number of hydrogen-bond acceptors (Lipinski definition) is 3. The molecule has 1 aromatic carbocycles. The Labute approximate surface area is 146 Å². The second kappa shape index (κ2) is 6.45. The Bertz CT molecular complexity index is 805. The molecule has 4 nitrogen and oxygen atoms in total. The standard InChI is InChI=1S/C19H17N3OS/c24-19-21-17(15-9-4-5-11-20-15)18(16-10-6-12-23-16)22(19)13-14-7-2-1-3-8-14/h1-12,17-18H,13H2,(H,21,24)/t17-,18-/m0/s1. The molecule has 0 amide bonds. The van der Waals surface area contributed by atoms with E-state index in [0.29, 0.717) is 0 Å². The number of thiocarbonyl (C=S) groups is 1. The fourth-order valence-corrected chi connectivity index (χ4v) is 3.43. The first kappa shape index (κ1) is 14.9. The van der Waals surface area contributed by atoms with E-state index in [1.807, 2.05) is 48.5 Å². The van der Waals surface area contributed by atoms with E-state index in [1.54, 1.807) is 12.5 Å². The van der Waals surface area contributed by atoms with Crippen LogP contribution in [0.25, 0.3) is 0 Å². The summed E-state index contributed by atoms with van der Waals surface area (Å²) in [5.74, 6) is 0.883. The molecule has 5 heteroatoms. The van der Waals surface area contributed by atoms with Crippen molar-refractivity contribution in [1.29, 1.82) is 0 Å². The number of aromatic nitrogens is 1. The van der Waals surface area contributed by atoms with Crippen molar-refractivity contribution in [2.75, 3.05) is 0 Å². The van der Waals surface area contributed by atoms with Gasteiger partial charge in [-0.05, 0) is 42.0 Å². The summed E-state index contributed by atoms with van der Waals surface area (Å²) < 4.78 is 5.72. The van der Waals surface area contributed by atoms with Crippen LogP contribution in [0.5, 0.6) is 0 Å². The summed E-state index contributed by atoms with van der Waals surface area (Å²) in [7, 11) is 0. The summed E-state index contributed by atoms with van der Waals surface area (Å²) >= 11 is 5.61. The zero-order valence-corrected chi connectivity index (χ0v) is 13.8. The molecule has 2 aromatic heterocycles. The van der Waals surface area contributed by atoms with Gasteiger partial charge in [0.25, 0.3) is 0 Å². The third kappa shape index (κ3) is 2.78. The minimum absolute atomic E-state index is 0.0254. The molecule has 3 heterocycles. The van der Waals surface area contributed by atoms with Gasteiger partial charge in [0.2, 0.25) is 0 Å². The molecule has 0 unspecified atom stereocenters. The maximum absolute atomic E-state index is 5.72. The Kier molecular flexibility index (Phi) is 4.01. The Balaban J connectivity index is 1.71. The highest BCUT2D eigenvalue weighted by Gasteiger charge is 2.41. The van der Waals surface area contributed by atoms with Crippen LogP contribution in [0, 0.1) is 0 Å². The molecule has 4 rings (SSSR count). The van der Waals surface area contributed by atoms with E-state index in [9.17, 15) is 0 Å². The fraction of sp³-hybridized carbons (Fsp3) is 0.158. The minimum atomic E-state index is -0.0337. The van der Waals surface area contributed by atoms with Crippen LogP contribution in [0.3, 0.4) is 0 Å². The van der Waals surface area contributed by atoms with Crippen LogP contribution in [0.1, 0.15) is 29.1 Å². The van der Waals surface area contributed by atoms with Gasteiger partial charge in [0.1, 0.15) is 11.8 Å². The number of hydrogen-bond donors (Lipinski definition) is 1. The lowest BCUT2D eigenvalue weighted by Crippen LogP contribution is -2.28. The van der Waals surface area contributed by atoms with Crippen molar-refractivity contribution in [3.05, 3.63) is 90.1 Å². The van der Waals surface area contributed by atoms with Crippen LogP contribution in [0.4, 0.5) is 0 Å². The quantitative estimate of drug-likeness (QED) is 0.734. The number of furan rings is 1. The molecule has 2 atom stereocenters. The van der Waals surface area contributed by atoms with Crippen LogP contribution in [0.2, 0.25) is 0 Å². The first-order valence-electron chi connectivity index (χ1n) is 7.88. The molecular formula is C19H17N3OS. The average Bonchev–Trinajstić information content (AvgIpc) is 3.25. The van der Waals surface area contributed by atoms with E-state index in [0.717, 1.165) is 23.1 Å². The van der Waals surface area contributed by atoms with Gasteiger partial charge in [-0.25, -0.2) is 0 Å². The number of rotatable bonds is 4. The average molecular weight is 335 g/mol. The zero-order valence-electron chi connectivity index (χ0n) is 13.0. The van der Waals surface area contributed by atoms with Gasteiger partial charge in [0.05, 0.1) is 18.0 Å². The molecule has 0 spiro atoms. The molecule has 1 aliphatic rings. The first-order valence-corrected chi connectivity index (χ1v) is 8.29. The van der Waals surface area contributed by atoms with E-state index in [1.165, 1.54) is 5.56 Å². The predicted octanol–water partition coefficient (Wildman–Crippen LogP) is 3.85. The molecule has 1 aliphatic heterocycles. The van der Waals surface area contributed by atoms with Crippen molar-refractivity contribution in [1.82, 2.24) is 15.2 Å². The van der Waals surface area contributed by atoms with Crippen molar-refractivity contribution in [3.63, 3.8) is 0 Å². The normalized spacial score (nSPS) is 20.2. The molecule has 0 saturated carbocycles. The van der Waals surface area contributed by atoms with E-state index >= 15 is 0 Å². The Morgan fingerprint density at radius 2 is 1.88 bits per heavy atom. The smallest absolute Gasteiger partial charge is 0.170 e. The number of pyridine rings is 1. The molecule has 1 fully saturated rings. The van der Waals surface area contributed by atoms with Gasteiger partial charge in [0, 0.05) is 12.7 Å². The van der Waals surface area contributed by atoms with Gasteiger partial charge in [-0.2, -0.15) is 0 Å². The highest BCUT2D eigenvalue weighted by atomic mass is 32.1. The molecule has 3 aromatic rings. The van der Waals surface area contributed by atoms with Crippen LogP contribution < -0.4 is 5.32 Å². The van der Waals surface area contributed by atoms with E-state index in [2.05, 4.69) is 27.3 Å². The van der Waals surface area contributed by atoms with Crippen LogP contribution in [0.15, 0.2) is 77.5 Å². The molecular weight excluding hydrogens is 318 g/mol. The summed E-state index contributed by atoms with van der Waals surface area (Å²) in [4.78, 5) is 6.68. The SMILES string of the molecule is S=C1N[C@@H](c2ccccn2)[C@H](c2ccco2)N1Cc1ccccc1. The van der Waals surface area contributed by atoms with E-state index < -0.39 is 0 Å². The van der Waals surface area contributed by atoms with Crippen LogP contribution >= 0.6 is 12.2 Å². The fourth-order valence-electron chi connectivity index (χ4n) is 3.12. The van der Waals surface area contributed by atoms with Gasteiger partial charge < -0.3 is 14.6 Å². The van der Waals surface area contributed by atoms with Gasteiger partial charge in [-0.1, -0.05) is 36.4 Å². The van der Waals surface area contributed by atoms with E-state index in [4.69, 9.17) is 16.6 Å². The largest absolute Gasteiger partial charge is 0.467 e. The molecule has 0 aliphatic carbocycles. The van der Waals surface area contributed by atoms with Crippen molar-refractivity contribution in [3.8, 4) is 0 Å². The van der Waals surface area contributed by atoms with Crippen LogP contribution in [-0.2, 0) is 6.54 Å². The van der Waals surface area contributed by atoms with Gasteiger partial charge >= 0.3 is 0 Å². The lowest BCUT2D eigenvalue weighted by atomic mass is 10.0. The second-order valence-corrected chi connectivity index (χ2v) is 6.14. The summed E-state index contributed by atoms with van der Waals surface area (Å²) in [6.07, 6.45) is 3.51. The third-order valence-electron chi connectivity index (χ3n) is 4.23. The number of benzene rings is 1. The minimum Gasteiger partial charge on any atom is -0.467 e. The third-order valence-corrected chi connectivity index (χ3v) is 4.58. The van der Waals surface area contributed by atoms with Crippen molar-refractivity contribution >= 4 is 17.3 Å². The van der Waals surface area contributed by atoms with Crippen molar-refractivity contribution in [2.45, 2.75) is 18.6 Å². The highest BCUT2D eigenvalue weighted by Crippen LogP contribution is 2.39. The second-order valence-electron chi connectivity index (χ2n) is 5.76. The monoisotopic (exact) mass is 335 g/mol. The van der Waals surface area contributed by atoms with Gasteiger partial charge in [-0.3, -0.25) is 4.98 Å². The van der Waals surface area contributed by atoms with Gasteiger partial charge in [-0.15, -0.1) is 0 Å². The maximum atomic E-state index is 5.72. The highest BCUT2D eigenvalue weighted by molar-refractivity contribution is 7.80. The molecule has 0 radical (unpaired) electrons. The topological polar surface area (TPSA) is 41.3 Å². The number of nitrogens with one attached hydrogen (secondary N) is 1. The molecule has 120 valence electrons. The Hall–Kier alpha value is -2.66. The van der Waals surface area contributed by atoms with Crippen molar-refractivity contribution in [2.24, 2.45) is 0 Å².